The van der Waals surface area contributed by atoms with E-state index in [1.807, 2.05) is 13.8 Å². The molecule has 0 atom stereocenters. The third-order valence-corrected chi connectivity index (χ3v) is 3.21. The maximum Gasteiger partial charge on any atom is 0.137 e. The summed E-state index contributed by atoms with van der Waals surface area (Å²) in [5.41, 5.74) is 7.69. The Morgan fingerprint density at radius 1 is 1.57 bits per heavy atom. The van der Waals surface area contributed by atoms with E-state index in [1.165, 1.54) is 0 Å². The number of aliphatic hydroxyl groups is 1. The summed E-state index contributed by atoms with van der Waals surface area (Å²) in [5.74, 6) is 0.833. The maximum atomic E-state index is 9.39. The van der Waals surface area contributed by atoms with E-state index in [0.29, 0.717) is 6.54 Å². The molecule has 1 aliphatic rings. The van der Waals surface area contributed by atoms with Gasteiger partial charge in [0, 0.05) is 17.5 Å². The molecule has 0 aliphatic heterocycles. The van der Waals surface area contributed by atoms with Crippen molar-refractivity contribution in [2.24, 2.45) is 5.73 Å². The van der Waals surface area contributed by atoms with E-state index < -0.39 is 0 Å². The van der Waals surface area contributed by atoms with Gasteiger partial charge in [0.1, 0.15) is 5.76 Å². The minimum Gasteiger partial charge on any atom is -0.393 e. The van der Waals surface area contributed by atoms with E-state index in [2.05, 4.69) is 5.16 Å². The van der Waals surface area contributed by atoms with E-state index in [0.717, 1.165) is 29.9 Å². The fraction of sp³-hybridized carbons (Fsp3) is 0.700. The molecule has 3 N–H and O–H groups in total. The molecule has 1 aromatic rings. The van der Waals surface area contributed by atoms with Crippen LogP contribution in [0.2, 0.25) is 0 Å². The molecule has 14 heavy (non-hydrogen) atoms. The van der Waals surface area contributed by atoms with Gasteiger partial charge in [-0.15, -0.1) is 0 Å². The van der Waals surface area contributed by atoms with Gasteiger partial charge in [0.15, 0.2) is 0 Å². The summed E-state index contributed by atoms with van der Waals surface area (Å²) in [6.07, 6.45) is 1.24. The summed E-state index contributed by atoms with van der Waals surface area (Å²) in [5, 5.41) is 13.3. The fourth-order valence-corrected chi connectivity index (χ4v) is 2.56. The first-order valence-corrected chi connectivity index (χ1v) is 4.90. The molecular formula is C10H16N2O2. The van der Waals surface area contributed by atoms with Crippen LogP contribution < -0.4 is 5.73 Å². The number of hydrogen-bond acceptors (Lipinski definition) is 4. The molecule has 0 unspecified atom stereocenters. The summed E-state index contributed by atoms with van der Waals surface area (Å²) in [6.45, 7) is 4.37. The SMILES string of the molecule is Cc1noc(C)c1C1(CN)CC(O)C1. The topological polar surface area (TPSA) is 72.3 Å². The normalized spacial score (nSPS) is 31.6. The Balaban J connectivity index is 2.38. The predicted octanol–water partition coefficient (Wildman–Crippen LogP) is 0.643. The molecule has 0 saturated heterocycles. The van der Waals surface area contributed by atoms with Gasteiger partial charge < -0.3 is 15.4 Å². The predicted molar refractivity (Wildman–Crippen MR) is 52.0 cm³/mol. The summed E-state index contributed by atoms with van der Waals surface area (Å²) in [4.78, 5) is 0. The van der Waals surface area contributed by atoms with Gasteiger partial charge >= 0.3 is 0 Å². The molecule has 0 amide bonds. The Morgan fingerprint density at radius 2 is 2.21 bits per heavy atom. The number of aryl methyl sites for hydroxylation is 2. The minimum absolute atomic E-state index is 0.0897. The van der Waals surface area contributed by atoms with Crippen LogP contribution in [0.5, 0.6) is 0 Å². The van der Waals surface area contributed by atoms with Gasteiger partial charge in [-0.1, -0.05) is 5.16 Å². The Bertz CT molecular complexity index is 320. The molecule has 0 aromatic carbocycles. The van der Waals surface area contributed by atoms with Gasteiger partial charge in [-0.3, -0.25) is 0 Å². The smallest absolute Gasteiger partial charge is 0.137 e. The van der Waals surface area contributed by atoms with Gasteiger partial charge in [-0.05, 0) is 26.7 Å². The van der Waals surface area contributed by atoms with Crippen molar-refractivity contribution < 1.29 is 9.63 Å². The van der Waals surface area contributed by atoms with Crippen LogP contribution in [-0.2, 0) is 5.41 Å². The van der Waals surface area contributed by atoms with Crippen molar-refractivity contribution in [3.05, 3.63) is 17.0 Å². The third kappa shape index (κ3) is 1.18. The molecule has 78 valence electrons. The van der Waals surface area contributed by atoms with E-state index in [9.17, 15) is 5.11 Å². The average Bonchev–Trinajstić information content (AvgIpc) is 2.42. The van der Waals surface area contributed by atoms with Crippen molar-refractivity contribution in [1.82, 2.24) is 5.16 Å². The second-order valence-corrected chi connectivity index (χ2v) is 4.25. The Kier molecular flexibility index (Phi) is 2.12. The molecule has 2 rings (SSSR count). The Labute approximate surface area is 83.1 Å². The Hall–Kier alpha value is -0.870. The quantitative estimate of drug-likeness (QED) is 0.728. The Morgan fingerprint density at radius 3 is 2.57 bits per heavy atom. The van der Waals surface area contributed by atoms with E-state index >= 15 is 0 Å². The molecular weight excluding hydrogens is 180 g/mol. The van der Waals surface area contributed by atoms with Gasteiger partial charge in [0.2, 0.25) is 0 Å². The molecule has 0 bridgehead atoms. The van der Waals surface area contributed by atoms with Crippen LogP contribution in [0.25, 0.3) is 0 Å². The van der Waals surface area contributed by atoms with Crippen LogP contribution in [0.4, 0.5) is 0 Å². The largest absolute Gasteiger partial charge is 0.393 e. The zero-order valence-corrected chi connectivity index (χ0v) is 8.58. The van der Waals surface area contributed by atoms with Crippen molar-refractivity contribution in [3.63, 3.8) is 0 Å². The van der Waals surface area contributed by atoms with Crippen LogP contribution in [0.1, 0.15) is 29.9 Å². The number of nitrogens with zero attached hydrogens (tertiary/aromatic N) is 1. The highest BCUT2D eigenvalue weighted by atomic mass is 16.5. The van der Waals surface area contributed by atoms with Crippen molar-refractivity contribution in [2.45, 2.75) is 38.2 Å². The first-order chi connectivity index (χ1) is 6.59. The molecule has 0 radical (unpaired) electrons. The van der Waals surface area contributed by atoms with Crippen LogP contribution in [-0.4, -0.2) is 22.9 Å². The van der Waals surface area contributed by atoms with Crippen LogP contribution in [0.15, 0.2) is 4.52 Å². The minimum atomic E-state index is -0.216. The highest BCUT2D eigenvalue weighted by molar-refractivity contribution is 5.34. The second kappa shape index (κ2) is 3.07. The summed E-state index contributed by atoms with van der Waals surface area (Å²) >= 11 is 0. The lowest BCUT2D eigenvalue weighted by Gasteiger charge is -2.44. The lowest BCUT2D eigenvalue weighted by molar-refractivity contribution is 0.0213. The van der Waals surface area contributed by atoms with Crippen molar-refractivity contribution >= 4 is 0 Å². The van der Waals surface area contributed by atoms with Crippen LogP contribution >= 0.6 is 0 Å². The zero-order chi connectivity index (χ0) is 10.3. The molecule has 1 heterocycles. The number of rotatable bonds is 2. The summed E-state index contributed by atoms with van der Waals surface area (Å²) in [6, 6.07) is 0. The van der Waals surface area contributed by atoms with Crippen molar-refractivity contribution in [1.29, 1.82) is 0 Å². The molecule has 1 aliphatic carbocycles. The number of aliphatic hydroxyl groups excluding tert-OH is 1. The van der Waals surface area contributed by atoms with Crippen LogP contribution in [0.3, 0.4) is 0 Å². The monoisotopic (exact) mass is 196 g/mol. The van der Waals surface area contributed by atoms with Crippen molar-refractivity contribution in [3.8, 4) is 0 Å². The van der Waals surface area contributed by atoms with Gasteiger partial charge in [-0.25, -0.2) is 0 Å². The molecule has 4 nitrogen and oxygen atoms in total. The van der Waals surface area contributed by atoms with Gasteiger partial charge in [-0.2, -0.15) is 0 Å². The highest BCUT2D eigenvalue weighted by Crippen LogP contribution is 2.45. The number of nitrogens with two attached hydrogens (primary N) is 1. The zero-order valence-electron chi connectivity index (χ0n) is 8.58. The van der Waals surface area contributed by atoms with E-state index in [1.54, 1.807) is 0 Å². The summed E-state index contributed by atoms with van der Waals surface area (Å²) < 4.78 is 5.13. The number of hydrogen-bond donors (Lipinski definition) is 2. The molecule has 1 fully saturated rings. The molecule has 1 saturated carbocycles. The third-order valence-electron chi connectivity index (χ3n) is 3.21. The van der Waals surface area contributed by atoms with E-state index in [-0.39, 0.29) is 11.5 Å². The lowest BCUT2D eigenvalue weighted by Crippen LogP contribution is -2.50. The van der Waals surface area contributed by atoms with Crippen molar-refractivity contribution in [2.75, 3.05) is 6.54 Å². The first-order valence-electron chi connectivity index (χ1n) is 4.90. The fourth-order valence-electron chi connectivity index (χ4n) is 2.56. The first kappa shape index (κ1) is 9.68. The number of aromatic nitrogens is 1. The lowest BCUT2D eigenvalue weighted by atomic mass is 9.62. The molecule has 0 spiro atoms. The maximum absolute atomic E-state index is 9.39. The molecule has 1 aromatic heterocycles. The van der Waals surface area contributed by atoms with Gasteiger partial charge in [0.05, 0.1) is 11.8 Å². The van der Waals surface area contributed by atoms with Gasteiger partial charge in [0.25, 0.3) is 0 Å². The standard InChI is InChI=1S/C10H16N2O2/c1-6-9(7(2)14-12-6)10(5-11)3-8(13)4-10/h8,13H,3-5,11H2,1-2H3. The van der Waals surface area contributed by atoms with E-state index in [4.69, 9.17) is 10.3 Å². The molecule has 4 heteroatoms. The summed E-state index contributed by atoms with van der Waals surface area (Å²) in [7, 11) is 0. The van der Waals surface area contributed by atoms with Crippen LogP contribution in [0, 0.1) is 13.8 Å². The average molecular weight is 196 g/mol. The second-order valence-electron chi connectivity index (χ2n) is 4.25. The highest BCUT2D eigenvalue weighted by Gasteiger charge is 2.46.